The number of ether oxygens (including phenoxy) is 1. The van der Waals surface area contributed by atoms with Crippen LogP contribution in [0.25, 0.3) is 0 Å². The van der Waals surface area contributed by atoms with Crippen molar-refractivity contribution in [3.05, 3.63) is 17.0 Å². The molecule has 0 saturated carbocycles. The molecule has 0 fully saturated rings. The third kappa shape index (κ3) is 1.76. The molecular formula is C7H8ClFN2O. The van der Waals surface area contributed by atoms with Gasteiger partial charge in [-0.15, -0.1) is 0 Å². The maximum atomic E-state index is 13.0. The van der Waals surface area contributed by atoms with Crippen molar-refractivity contribution in [1.29, 1.82) is 0 Å². The van der Waals surface area contributed by atoms with Crippen molar-refractivity contribution in [3.8, 4) is 5.88 Å². The van der Waals surface area contributed by atoms with Gasteiger partial charge in [-0.3, -0.25) is 0 Å². The van der Waals surface area contributed by atoms with Crippen LogP contribution in [-0.4, -0.2) is 11.6 Å². The van der Waals surface area contributed by atoms with Gasteiger partial charge in [-0.05, 0) is 6.92 Å². The van der Waals surface area contributed by atoms with E-state index in [0.29, 0.717) is 6.61 Å². The summed E-state index contributed by atoms with van der Waals surface area (Å²) in [5, 5.41) is 0.123. The Labute approximate surface area is 74.3 Å². The second-order valence-corrected chi connectivity index (χ2v) is 2.47. The Bertz CT molecular complexity index is 293. The SMILES string of the molecule is CCOc1nc(Cl)cc(N)c1F. The van der Waals surface area contributed by atoms with Gasteiger partial charge in [-0.1, -0.05) is 11.6 Å². The van der Waals surface area contributed by atoms with Gasteiger partial charge in [0.1, 0.15) is 5.15 Å². The van der Waals surface area contributed by atoms with Crippen LogP contribution in [0.2, 0.25) is 5.15 Å². The van der Waals surface area contributed by atoms with E-state index in [1.54, 1.807) is 6.92 Å². The third-order valence-electron chi connectivity index (χ3n) is 1.21. The second-order valence-electron chi connectivity index (χ2n) is 2.09. The number of rotatable bonds is 2. The Kier molecular flexibility index (Phi) is 2.70. The van der Waals surface area contributed by atoms with Crippen molar-refractivity contribution in [2.24, 2.45) is 0 Å². The molecule has 0 aliphatic carbocycles. The molecule has 0 radical (unpaired) electrons. The van der Waals surface area contributed by atoms with E-state index in [2.05, 4.69) is 4.98 Å². The smallest absolute Gasteiger partial charge is 0.254 e. The Morgan fingerprint density at radius 3 is 3.00 bits per heavy atom. The number of hydrogen-bond acceptors (Lipinski definition) is 3. The molecule has 0 spiro atoms. The summed E-state index contributed by atoms with van der Waals surface area (Å²) in [4.78, 5) is 3.61. The van der Waals surface area contributed by atoms with Gasteiger partial charge in [-0.25, -0.2) is 0 Å². The van der Waals surface area contributed by atoms with E-state index in [9.17, 15) is 4.39 Å². The minimum absolute atomic E-state index is 0.0570. The van der Waals surface area contributed by atoms with Gasteiger partial charge in [0.15, 0.2) is 0 Å². The van der Waals surface area contributed by atoms with Gasteiger partial charge < -0.3 is 10.5 Å². The molecular weight excluding hydrogens is 183 g/mol. The predicted octanol–water partition coefficient (Wildman–Crippen LogP) is 1.85. The highest BCUT2D eigenvalue weighted by Crippen LogP contribution is 2.23. The fraction of sp³-hybridized carbons (Fsp3) is 0.286. The van der Waals surface area contributed by atoms with Crippen LogP contribution in [0.1, 0.15) is 6.92 Å². The van der Waals surface area contributed by atoms with Gasteiger partial charge >= 0.3 is 0 Å². The summed E-state index contributed by atoms with van der Waals surface area (Å²) in [5.74, 6) is -0.816. The number of nitrogen functional groups attached to an aromatic ring is 1. The maximum Gasteiger partial charge on any atom is 0.254 e. The molecule has 12 heavy (non-hydrogen) atoms. The molecule has 0 aliphatic heterocycles. The van der Waals surface area contributed by atoms with E-state index in [4.69, 9.17) is 22.1 Å². The van der Waals surface area contributed by atoms with E-state index in [1.807, 2.05) is 0 Å². The van der Waals surface area contributed by atoms with E-state index in [-0.39, 0.29) is 16.7 Å². The molecule has 3 nitrogen and oxygen atoms in total. The number of hydrogen-bond donors (Lipinski definition) is 1. The first-order valence-electron chi connectivity index (χ1n) is 3.39. The van der Waals surface area contributed by atoms with Crippen LogP contribution < -0.4 is 10.5 Å². The molecule has 0 unspecified atom stereocenters. The summed E-state index contributed by atoms with van der Waals surface area (Å²) in [5.41, 5.74) is 5.22. The van der Waals surface area contributed by atoms with Gasteiger partial charge in [-0.2, -0.15) is 9.37 Å². The first-order chi connectivity index (χ1) is 5.65. The lowest BCUT2D eigenvalue weighted by Crippen LogP contribution is -2.01. The molecule has 0 saturated heterocycles. The Morgan fingerprint density at radius 1 is 1.75 bits per heavy atom. The summed E-state index contributed by atoms with van der Waals surface area (Å²) >= 11 is 5.52. The molecule has 66 valence electrons. The summed E-state index contributed by atoms with van der Waals surface area (Å²) in [6.45, 7) is 2.04. The van der Waals surface area contributed by atoms with Crippen molar-refractivity contribution in [1.82, 2.24) is 4.98 Å². The van der Waals surface area contributed by atoms with E-state index in [0.717, 1.165) is 0 Å². The number of aromatic nitrogens is 1. The first kappa shape index (κ1) is 9.06. The lowest BCUT2D eigenvalue weighted by molar-refractivity contribution is 0.308. The van der Waals surface area contributed by atoms with Crippen LogP contribution in [-0.2, 0) is 0 Å². The number of nitrogens with zero attached hydrogens (tertiary/aromatic N) is 1. The predicted molar refractivity (Wildman–Crippen MR) is 44.8 cm³/mol. The normalized spacial score (nSPS) is 9.92. The fourth-order valence-electron chi connectivity index (χ4n) is 0.726. The molecule has 5 heteroatoms. The largest absolute Gasteiger partial charge is 0.476 e. The monoisotopic (exact) mass is 190 g/mol. The molecule has 1 aromatic heterocycles. The molecule has 1 aromatic rings. The zero-order chi connectivity index (χ0) is 9.14. The lowest BCUT2D eigenvalue weighted by atomic mass is 10.4. The molecule has 1 rings (SSSR count). The van der Waals surface area contributed by atoms with Crippen LogP contribution in [0.5, 0.6) is 5.88 Å². The fourth-order valence-corrected chi connectivity index (χ4v) is 0.920. The maximum absolute atomic E-state index is 13.0. The van der Waals surface area contributed by atoms with Crippen molar-refractivity contribution in [3.63, 3.8) is 0 Å². The van der Waals surface area contributed by atoms with Crippen LogP contribution in [0.4, 0.5) is 10.1 Å². The van der Waals surface area contributed by atoms with Crippen molar-refractivity contribution in [2.75, 3.05) is 12.3 Å². The second kappa shape index (κ2) is 3.58. The standard InChI is InChI=1S/C7H8ClFN2O/c1-2-12-7-6(9)4(10)3-5(8)11-7/h3H,2H2,1H3,(H2,10,11). The molecule has 1 heterocycles. The zero-order valence-electron chi connectivity index (χ0n) is 6.47. The lowest BCUT2D eigenvalue weighted by Gasteiger charge is -2.04. The number of anilines is 1. The molecule has 0 aliphatic rings. The Balaban J connectivity index is 3.09. The van der Waals surface area contributed by atoms with Crippen LogP contribution in [0.3, 0.4) is 0 Å². The number of nitrogens with two attached hydrogens (primary N) is 1. The highest BCUT2D eigenvalue weighted by Gasteiger charge is 2.09. The Morgan fingerprint density at radius 2 is 2.42 bits per heavy atom. The van der Waals surface area contributed by atoms with E-state index >= 15 is 0 Å². The van der Waals surface area contributed by atoms with E-state index in [1.165, 1.54) is 6.07 Å². The van der Waals surface area contributed by atoms with Crippen molar-refractivity contribution >= 4 is 17.3 Å². The highest BCUT2D eigenvalue weighted by atomic mass is 35.5. The minimum atomic E-state index is -0.666. The van der Waals surface area contributed by atoms with Gasteiger partial charge in [0.25, 0.3) is 5.88 Å². The number of halogens is 2. The molecule has 0 bridgehead atoms. The van der Waals surface area contributed by atoms with Gasteiger partial charge in [0.2, 0.25) is 5.82 Å². The summed E-state index contributed by atoms with van der Waals surface area (Å²) in [6, 6.07) is 1.24. The quantitative estimate of drug-likeness (QED) is 0.725. The summed E-state index contributed by atoms with van der Waals surface area (Å²) in [7, 11) is 0. The molecule has 2 N–H and O–H groups in total. The molecule has 0 amide bonds. The average molecular weight is 191 g/mol. The Hall–Kier alpha value is -1.03. The van der Waals surface area contributed by atoms with Crippen molar-refractivity contribution < 1.29 is 9.13 Å². The topological polar surface area (TPSA) is 48.1 Å². The molecule has 0 aromatic carbocycles. The molecule has 0 atom stereocenters. The first-order valence-corrected chi connectivity index (χ1v) is 3.77. The van der Waals surface area contributed by atoms with Crippen molar-refractivity contribution in [2.45, 2.75) is 6.92 Å². The highest BCUT2D eigenvalue weighted by molar-refractivity contribution is 6.29. The summed E-state index contributed by atoms with van der Waals surface area (Å²) in [6.07, 6.45) is 0. The average Bonchev–Trinajstić information content (AvgIpc) is 2.00. The minimum Gasteiger partial charge on any atom is -0.476 e. The zero-order valence-corrected chi connectivity index (χ0v) is 7.23. The number of pyridine rings is 1. The third-order valence-corrected chi connectivity index (χ3v) is 1.40. The summed E-state index contributed by atoms with van der Waals surface area (Å²) < 4.78 is 17.8. The van der Waals surface area contributed by atoms with Gasteiger partial charge in [0, 0.05) is 6.07 Å². The van der Waals surface area contributed by atoms with Gasteiger partial charge in [0.05, 0.1) is 12.3 Å². The van der Waals surface area contributed by atoms with Crippen LogP contribution >= 0.6 is 11.6 Å². The van der Waals surface area contributed by atoms with Crippen LogP contribution in [0, 0.1) is 5.82 Å². The van der Waals surface area contributed by atoms with Crippen LogP contribution in [0.15, 0.2) is 6.07 Å². The van der Waals surface area contributed by atoms with E-state index < -0.39 is 5.82 Å².